The number of carbonyl (C=O) groups excluding carboxylic acids is 2. The van der Waals surface area contributed by atoms with Gasteiger partial charge in [-0.25, -0.2) is 0 Å². The van der Waals surface area contributed by atoms with Crippen molar-refractivity contribution in [3.05, 3.63) is 96.1 Å². The number of amides is 2. The number of fused-ring (bicyclic) bond motifs is 2. The third kappa shape index (κ3) is 7.02. The lowest BCUT2D eigenvalue weighted by molar-refractivity contribution is -0.132. The van der Waals surface area contributed by atoms with Crippen molar-refractivity contribution in [1.29, 1.82) is 0 Å². The number of carbonyl (C=O) groups is 2. The van der Waals surface area contributed by atoms with Gasteiger partial charge in [0.15, 0.2) is 0 Å². The van der Waals surface area contributed by atoms with Gasteiger partial charge >= 0.3 is 0 Å². The minimum absolute atomic E-state index is 0.0461. The Hall–Kier alpha value is -3.74. The highest BCUT2D eigenvalue weighted by Gasteiger charge is 2.28. The van der Waals surface area contributed by atoms with E-state index in [9.17, 15) is 9.59 Å². The lowest BCUT2D eigenvalue weighted by Crippen LogP contribution is -2.53. The van der Waals surface area contributed by atoms with Gasteiger partial charge in [0, 0.05) is 19.4 Å². The molecule has 1 aliphatic rings. The van der Waals surface area contributed by atoms with Gasteiger partial charge in [-0.15, -0.1) is 0 Å². The predicted octanol–water partition coefficient (Wildman–Crippen LogP) is 4.39. The first-order valence-corrected chi connectivity index (χ1v) is 13.8. The van der Waals surface area contributed by atoms with Crippen molar-refractivity contribution in [3.63, 3.8) is 0 Å². The van der Waals surface area contributed by atoms with Crippen molar-refractivity contribution in [2.24, 2.45) is 5.92 Å². The molecule has 4 aromatic rings. The van der Waals surface area contributed by atoms with Crippen molar-refractivity contribution in [2.75, 3.05) is 26.8 Å². The summed E-state index contributed by atoms with van der Waals surface area (Å²) in [5, 5.41) is 14.2. The fraction of sp³-hybridized carbons (Fsp3) is 0.333. The predicted molar refractivity (Wildman–Crippen MR) is 157 cm³/mol. The molecule has 3 N–H and O–H groups in total. The van der Waals surface area contributed by atoms with Gasteiger partial charge in [0.2, 0.25) is 11.8 Å². The Balaban J connectivity index is 1.34. The summed E-state index contributed by atoms with van der Waals surface area (Å²) in [6, 6.07) is 28.1. The maximum absolute atomic E-state index is 13.7. The van der Waals surface area contributed by atoms with Crippen molar-refractivity contribution in [3.8, 4) is 0 Å². The summed E-state index contributed by atoms with van der Waals surface area (Å²) in [5.74, 6) is -0.311. The number of benzene rings is 4. The van der Waals surface area contributed by atoms with Gasteiger partial charge in [-0.2, -0.15) is 0 Å². The zero-order valence-electron chi connectivity index (χ0n) is 22.5. The van der Waals surface area contributed by atoms with Crippen LogP contribution in [0.15, 0.2) is 84.9 Å². The molecular formula is C33H37N3O3. The smallest absolute Gasteiger partial charge is 0.243 e. The number of rotatable bonds is 10. The minimum atomic E-state index is -0.676. The lowest BCUT2D eigenvalue weighted by atomic mass is 9.95. The van der Waals surface area contributed by atoms with Gasteiger partial charge in [0.05, 0.1) is 12.6 Å². The maximum Gasteiger partial charge on any atom is 0.243 e. The van der Waals surface area contributed by atoms with E-state index in [0.29, 0.717) is 19.4 Å². The molecule has 0 spiro atoms. The molecule has 2 unspecified atom stereocenters. The standard InChI is InChI=1S/C33H37N3O3/c1-39-22-30(20-23-10-12-25-6-2-4-8-28(25)18-23)35-33(38)31(36-32(37)27-14-16-34-17-15-27)21-24-11-13-26-7-3-5-9-29(26)19-24/h2-13,18-19,27,30-31,34H,14-17,20-22H2,1H3,(H,35,38)(H,36,37). The second-order valence-corrected chi connectivity index (χ2v) is 10.5. The summed E-state index contributed by atoms with van der Waals surface area (Å²) in [6.45, 7) is 2.02. The van der Waals surface area contributed by atoms with Crippen molar-refractivity contribution < 1.29 is 14.3 Å². The quantitative estimate of drug-likeness (QED) is 0.288. The van der Waals surface area contributed by atoms with E-state index in [-0.39, 0.29) is 23.8 Å². The Kier molecular flexibility index (Phi) is 8.86. The number of ether oxygens (including phenoxy) is 1. The molecule has 5 rings (SSSR count). The molecule has 0 saturated carbocycles. The highest BCUT2D eigenvalue weighted by Crippen LogP contribution is 2.19. The van der Waals surface area contributed by atoms with Crippen LogP contribution in [-0.4, -0.2) is 50.7 Å². The summed E-state index contributed by atoms with van der Waals surface area (Å²) in [4.78, 5) is 26.9. The molecule has 1 saturated heterocycles. The van der Waals surface area contributed by atoms with E-state index < -0.39 is 6.04 Å². The van der Waals surface area contributed by atoms with Crippen LogP contribution in [-0.2, 0) is 27.2 Å². The molecule has 39 heavy (non-hydrogen) atoms. The largest absolute Gasteiger partial charge is 0.383 e. The topological polar surface area (TPSA) is 79.5 Å². The van der Waals surface area contributed by atoms with E-state index in [0.717, 1.165) is 47.8 Å². The van der Waals surface area contributed by atoms with E-state index in [1.165, 1.54) is 10.8 Å². The van der Waals surface area contributed by atoms with E-state index >= 15 is 0 Å². The lowest BCUT2D eigenvalue weighted by Gasteiger charge is -2.27. The van der Waals surface area contributed by atoms with E-state index in [4.69, 9.17) is 4.74 Å². The average molecular weight is 524 g/mol. The Labute approximate surface area is 230 Å². The van der Waals surface area contributed by atoms with Crippen LogP contribution < -0.4 is 16.0 Å². The van der Waals surface area contributed by atoms with E-state index in [2.05, 4.69) is 70.5 Å². The van der Waals surface area contributed by atoms with E-state index in [1.54, 1.807) is 7.11 Å². The molecule has 2 atom stereocenters. The number of nitrogens with one attached hydrogen (secondary N) is 3. The van der Waals surface area contributed by atoms with Gasteiger partial charge in [0.1, 0.15) is 6.04 Å². The average Bonchev–Trinajstić information content (AvgIpc) is 2.97. The van der Waals surface area contributed by atoms with Gasteiger partial charge in [-0.3, -0.25) is 9.59 Å². The molecule has 1 aliphatic heterocycles. The molecule has 1 heterocycles. The normalized spacial score (nSPS) is 15.6. The first kappa shape index (κ1) is 26.9. The third-order valence-corrected chi connectivity index (χ3v) is 7.61. The van der Waals surface area contributed by atoms with Gasteiger partial charge in [-0.1, -0.05) is 84.9 Å². The van der Waals surface area contributed by atoms with Gasteiger partial charge in [-0.05, 0) is 65.0 Å². The van der Waals surface area contributed by atoms with Crippen LogP contribution in [0.2, 0.25) is 0 Å². The van der Waals surface area contributed by atoms with Gasteiger partial charge in [0.25, 0.3) is 0 Å². The number of methoxy groups -OCH3 is 1. The molecule has 6 heteroatoms. The van der Waals surface area contributed by atoms with Crippen molar-refractivity contribution in [1.82, 2.24) is 16.0 Å². The summed E-state index contributed by atoms with van der Waals surface area (Å²) in [6.07, 6.45) is 2.62. The Bertz CT molecular complexity index is 1430. The number of piperidine rings is 1. The van der Waals surface area contributed by atoms with Crippen LogP contribution in [0.4, 0.5) is 0 Å². The molecule has 0 radical (unpaired) electrons. The van der Waals surface area contributed by atoms with Gasteiger partial charge < -0.3 is 20.7 Å². The second-order valence-electron chi connectivity index (χ2n) is 10.5. The Morgan fingerprint density at radius 2 is 1.36 bits per heavy atom. The molecule has 0 aromatic heterocycles. The van der Waals surface area contributed by atoms with Crippen molar-refractivity contribution in [2.45, 2.75) is 37.8 Å². The highest BCUT2D eigenvalue weighted by molar-refractivity contribution is 5.89. The summed E-state index contributed by atoms with van der Waals surface area (Å²) in [7, 11) is 1.64. The minimum Gasteiger partial charge on any atom is -0.383 e. The third-order valence-electron chi connectivity index (χ3n) is 7.61. The molecule has 4 aromatic carbocycles. The SMILES string of the molecule is COCC(Cc1ccc2ccccc2c1)NC(=O)C(Cc1ccc2ccccc2c1)NC(=O)C1CCNCC1. The zero-order valence-corrected chi connectivity index (χ0v) is 22.5. The van der Waals surface area contributed by atoms with Crippen molar-refractivity contribution >= 4 is 33.4 Å². The summed E-state index contributed by atoms with van der Waals surface area (Å²) >= 11 is 0. The fourth-order valence-corrected chi connectivity index (χ4v) is 5.49. The molecule has 6 nitrogen and oxygen atoms in total. The first-order chi connectivity index (χ1) is 19.1. The molecule has 2 amide bonds. The van der Waals surface area contributed by atoms with Crippen LogP contribution in [0.3, 0.4) is 0 Å². The zero-order chi connectivity index (χ0) is 27.0. The Morgan fingerprint density at radius 3 is 1.95 bits per heavy atom. The monoisotopic (exact) mass is 523 g/mol. The summed E-state index contributed by atoms with van der Waals surface area (Å²) in [5.41, 5.74) is 2.14. The molecular weight excluding hydrogens is 486 g/mol. The fourth-order valence-electron chi connectivity index (χ4n) is 5.49. The second kappa shape index (κ2) is 12.9. The molecule has 202 valence electrons. The van der Waals surface area contributed by atoms with Crippen LogP contribution in [0.5, 0.6) is 0 Å². The molecule has 0 bridgehead atoms. The Morgan fingerprint density at radius 1 is 0.795 bits per heavy atom. The maximum atomic E-state index is 13.7. The van der Waals surface area contributed by atoms with Crippen LogP contribution in [0, 0.1) is 5.92 Å². The van der Waals surface area contributed by atoms with E-state index in [1.807, 2.05) is 30.3 Å². The first-order valence-electron chi connectivity index (χ1n) is 13.8. The number of hydrogen-bond acceptors (Lipinski definition) is 4. The summed E-state index contributed by atoms with van der Waals surface area (Å²) < 4.78 is 5.48. The molecule has 0 aliphatic carbocycles. The number of hydrogen-bond donors (Lipinski definition) is 3. The van der Waals surface area contributed by atoms with Crippen LogP contribution >= 0.6 is 0 Å². The highest BCUT2D eigenvalue weighted by atomic mass is 16.5. The van der Waals surface area contributed by atoms with Crippen LogP contribution in [0.25, 0.3) is 21.5 Å². The molecule has 1 fully saturated rings. The van der Waals surface area contributed by atoms with Crippen LogP contribution in [0.1, 0.15) is 24.0 Å².